The topological polar surface area (TPSA) is 206 Å². The molecular formula is C36H37F4N7O5. The Morgan fingerprint density at radius 1 is 0.942 bits per heavy atom. The second-order valence-corrected chi connectivity index (χ2v) is 12.8. The number of alkyl halides is 4. The number of hydrogen-bond donors (Lipinski definition) is 6. The van der Waals surface area contributed by atoms with Gasteiger partial charge in [0, 0.05) is 29.2 Å². The maximum absolute atomic E-state index is 14.2. The lowest BCUT2D eigenvalue weighted by Crippen LogP contribution is -2.48. The molecule has 5 rings (SSSR count). The Balaban J connectivity index is 1.32. The van der Waals surface area contributed by atoms with Crippen molar-refractivity contribution in [1.82, 2.24) is 20.5 Å². The SMILES string of the molecule is Cc1cc(C(N)=O)ccc1-c1ccc(CC(NC(=O)C2CCC(CN)CC2)C(=O)Nc2ccc(-c3n[nH]c(C(F)(F)C(F)(F)C(=O)O)n3)cc2)cc1. The maximum Gasteiger partial charge on any atom is 0.411 e. The van der Waals surface area contributed by atoms with E-state index in [1.165, 1.54) is 24.3 Å². The minimum Gasteiger partial charge on any atom is -0.477 e. The second-order valence-electron chi connectivity index (χ2n) is 12.8. The fourth-order valence-corrected chi connectivity index (χ4v) is 6.10. The lowest BCUT2D eigenvalue weighted by atomic mass is 9.81. The number of nitrogens with one attached hydrogen (secondary N) is 3. The average Bonchev–Trinajstić information content (AvgIpc) is 3.63. The van der Waals surface area contributed by atoms with Gasteiger partial charge < -0.3 is 27.2 Å². The summed E-state index contributed by atoms with van der Waals surface area (Å²) in [5.74, 6) is -16.9. The third-order valence-electron chi connectivity index (χ3n) is 9.26. The average molecular weight is 724 g/mol. The molecule has 0 radical (unpaired) electrons. The molecule has 3 aromatic carbocycles. The number of nitrogens with zero attached hydrogens (tertiary/aromatic N) is 2. The van der Waals surface area contributed by atoms with E-state index in [1.54, 1.807) is 23.3 Å². The summed E-state index contributed by atoms with van der Waals surface area (Å²) < 4.78 is 55.6. The third kappa shape index (κ3) is 8.12. The number of carbonyl (C=O) groups is 4. The summed E-state index contributed by atoms with van der Waals surface area (Å²) in [6, 6.07) is 17.1. The standard InChI is InChI=1S/C36H37F4N7O5/c1-19-16-25(29(42)48)12-15-27(19)22-6-2-20(3-7-22)17-28(44-31(49)24-8-4-21(18-41)5-9-24)32(50)43-26-13-10-23(11-14-26)30-45-33(47-46-30)35(37,38)36(39,40)34(51)52/h2-3,6-7,10-16,21,24,28H,4-5,8-9,17-18,41H2,1H3,(H2,42,48)(H,43,50)(H,44,49)(H,51,52)(H,45,46,47). The highest BCUT2D eigenvalue weighted by molar-refractivity contribution is 5.98. The van der Waals surface area contributed by atoms with Crippen LogP contribution in [0.2, 0.25) is 0 Å². The molecule has 8 N–H and O–H groups in total. The van der Waals surface area contributed by atoms with Gasteiger partial charge in [0.1, 0.15) is 6.04 Å². The van der Waals surface area contributed by atoms with Gasteiger partial charge in [0.2, 0.25) is 23.5 Å². The first kappa shape index (κ1) is 37.6. The van der Waals surface area contributed by atoms with Gasteiger partial charge in [0.15, 0.2) is 5.82 Å². The molecule has 0 bridgehead atoms. The van der Waals surface area contributed by atoms with Crippen LogP contribution in [0.4, 0.5) is 23.2 Å². The summed E-state index contributed by atoms with van der Waals surface area (Å²) in [6.07, 6.45) is 3.06. The Morgan fingerprint density at radius 3 is 2.15 bits per heavy atom. The highest BCUT2D eigenvalue weighted by atomic mass is 19.3. The minimum atomic E-state index is -5.44. The number of primary amides is 1. The number of carboxylic acids is 1. The number of rotatable bonds is 13. The van der Waals surface area contributed by atoms with Gasteiger partial charge in [-0.05, 0) is 104 Å². The number of H-pyrrole nitrogens is 1. The second kappa shape index (κ2) is 15.3. The molecule has 1 aromatic heterocycles. The quantitative estimate of drug-likeness (QED) is 0.106. The molecule has 0 saturated heterocycles. The predicted molar refractivity (Wildman–Crippen MR) is 182 cm³/mol. The van der Waals surface area contributed by atoms with Crippen molar-refractivity contribution < 1.29 is 41.8 Å². The van der Waals surface area contributed by atoms with Crippen molar-refractivity contribution in [3.8, 4) is 22.5 Å². The van der Waals surface area contributed by atoms with Gasteiger partial charge in [0.25, 0.3) is 0 Å². The van der Waals surface area contributed by atoms with E-state index >= 15 is 0 Å². The van der Waals surface area contributed by atoms with Gasteiger partial charge in [-0.3, -0.25) is 19.5 Å². The summed E-state index contributed by atoms with van der Waals surface area (Å²) in [7, 11) is 0. The number of carbonyl (C=O) groups excluding carboxylic acids is 3. The van der Waals surface area contributed by atoms with E-state index in [1.807, 2.05) is 31.2 Å². The maximum atomic E-state index is 14.2. The van der Waals surface area contributed by atoms with Gasteiger partial charge in [-0.2, -0.15) is 22.7 Å². The number of carboxylic acid groups (broad SMARTS) is 1. The Morgan fingerprint density at radius 2 is 1.58 bits per heavy atom. The Kier molecular flexibility index (Phi) is 11.1. The molecule has 1 unspecified atom stereocenters. The molecular weight excluding hydrogens is 686 g/mol. The summed E-state index contributed by atoms with van der Waals surface area (Å²) >= 11 is 0. The zero-order valence-electron chi connectivity index (χ0n) is 28.0. The lowest BCUT2D eigenvalue weighted by molar-refractivity contribution is -0.231. The molecule has 52 heavy (non-hydrogen) atoms. The molecule has 0 aliphatic heterocycles. The number of aromatic nitrogens is 3. The van der Waals surface area contributed by atoms with E-state index in [-0.39, 0.29) is 29.5 Å². The number of halogens is 4. The summed E-state index contributed by atoms with van der Waals surface area (Å²) in [6.45, 7) is 2.41. The third-order valence-corrected chi connectivity index (χ3v) is 9.26. The van der Waals surface area contributed by atoms with Crippen LogP contribution in [0, 0.1) is 18.8 Å². The Labute approximate surface area is 295 Å². The number of nitrogens with two attached hydrogens (primary N) is 2. The molecule has 3 amide bonds. The van der Waals surface area contributed by atoms with Crippen LogP contribution in [0.3, 0.4) is 0 Å². The monoisotopic (exact) mass is 723 g/mol. The Bertz CT molecular complexity index is 1940. The zero-order chi connectivity index (χ0) is 37.8. The Hall–Kier alpha value is -5.64. The molecule has 1 fully saturated rings. The molecule has 1 aliphatic carbocycles. The van der Waals surface area contributed by atoms with E-state index in [0.717, 1.165) is 35.1 Å². The van der Waals surface area contributed by atoms with Gasteiger partial charge in [-0.1, -0.05) is 30.3 Å². The van der Waals surface area contributed by atoms with Gasteiger partial charge >= 0.3 is 17.8 Å². The highest BCUT2D eigenvalue weighted by Crippen LogP contribution is 2.42. The van der Waals surface area contributed by atoms with Crippen LogP contribution in [0.15, 0.2) is 66.7 Å². The molecule has 1 heterocycles. The van der Waals surface area contributed by atoms with Crippen LogP contribution < -0.4 is 22.1 Å². The number of aryl methyl sites for hydroxylation is 1. The number of benzene rings is 3. The van der Waals surface area contributed by atoms with Crippen LogP contribution in [0.5, 0.6) is 0 Å². The fraction of sp³-hybridized carbons (Fsp3) is 0.333. The number of anilines is 1. The van der Waals surface area contributed by atoms with Crippen molar-refractivity contribution in [2.45, 2.75) is 56.9 Å². The van der Waals surface area contributed by atoms with Crippen LogP contribution in [0.1, 0.15) is 53.0 Å². The molecule has 274 valence electrons. The lowest BCUT2D eigenvalue weighted by Gasteiger charge is -2.28. The molecule has 0 spiro atoms. The molecule has 12 nitrogen and oxygen atoms in total. The van der Waals surface area contributed by atoms with Crippen molar-refractivity contribution in [3.63, 3.8) is 0 Å². The number of aromatic amines is 1. The van der Waals surface area contributed by atoms with Crippen molar-refractivity contribution in [1.29, 1.82) is 0 Å². The number of hydrogen-bond acceptors (Lipinski definition) is 7. The largest absolute Gasteiger partial charge is 0.477 e. The van der Waals surface area contributed by atoms with Gasteiger partial charge in [-0.15, -0.1) is 0 Å². The van der Waals surface area contributed by atoms with E-state index in [0.29, 0.717) is 30.9 Å². The van der Waals surface area contributed by atoms with Crippen molar-refractivity contribution in [3.05, 3.63) is 89.2 Å². The molecule has 1 saturated carbocycles. The summed E-state index contributed by atoms with van der Waals surface area (Å²) in [5, 5.41) is 19.4. The normalized spacial score (nSPS) is 16.9. The predicted octanol–water partition coefficient (Wildman–Crippen LogP) is 4.79. The van der Waals surface area contributed by atoms with E-state index in [2.05, 4.69) is 20.7 Å². The summed E-state index contributed by atoms with van der Waals surface area (Å²) in [4.78, 5) is 52.7. The van der Waals surface area contributed by atoms with Crippen molar-refractivity contribution in [2.75, 3.05) is 11.9 Å². The first-order valence-corrected chi connectivity index (χ1v) is 16.4. The molecule has 1 aliphatic rings. The molecule has 1 atom stereocenters. The fourth-order valence-electron chi connectivity index (χ4n) is 6.10. The van der Waals surface area contributed by atoms with Crippen LogP contribution in [-0.2, 0) is 26.7 Å². The van der Waals surface area contributed by atoms with Crippen LogP contribution in [0.25, 0.3) is 22.5 Å². The smallest absolute Gasteiger partial charge is 0.411 e. The van der Waals surface area contributed by atoms with Crippen LogP contribution >= 0.6 is 0 Å². The van der Waals surface area contributed by atoms with Crippen molar-refractivity contribution >= 4 is 29.4 Å². The molecule has 4 aromatic rings. The van der Waals surface area contributed by atoms with Crippen LogP contribution in [-0.4, -0.2) is 62.5 Å². The summed E-state index contributed by atoms with van der Waals surface area (Å²) in [5.41, 5.74) is 15.3. The minimum absolute atomic E-state index is 0.104. The number of amides is 3. The highest BCUT2D eigenvalue weighted by Gasteiger charge is 2.65. The van der Waals surface area contributed by atoms with E-state index in [9.17, 15) is 36.7 Å². The molecule has 16 heteroatoms. The first-order chi connectivity index (χ1) is 24.6. The number of aliphatic carboxylic acids is 1. The zero-order valence-corrected chi connectivity index (χ0v) is 28.0. The first-order valence-electron chi connectivity index (χ1n) is 16.4. The van der Waals surface area contributed by atoms with Gasteiger partial charge in [-0.25, -0.2) is 9.78 Å². The van der Waals surface area contributed by atoms with E-state index < -0.39 is 47.3 Å². The van der Waals surface area contributed by atoms with Crippen molar-refractivity contribution in [2.24, 2.45) is 23.3 Å². The van der Waals surface area contributed by atoms with Gasteiger partial charge in [0.05, 0.1) is 0 Å². The van der Waals surface area contributed by atoms with E-state index in [4.69, 9.17) is 16.6 Å².